The zero-order valence-corrected chi connectivity index (χ0v) is 15.8. The molecule has 2 amide bonds. The van der Waals surface area contributed by atoms with E-state index < -0.39 is 0 Å². The van der Waals surface area contributed by atoms with E-state index >= 15 is 0 Å². The normalized spacial score (nSPS) is 11.0. The summed E-state index contributed by atoms with van der Waals surface area (Å²) in [5.74, 6) is 0.316. The highest BCUT2D eigenvalue weighted by Crippen LogP contribution is 2.15. The van der Waals surface area contributed by atoms with Gasteiger partial charge in [-0.05, 0) is 40.8 Å². The van der Waals surface area contributed by atoms with Crippen molar-refractivity contribution in [1.82, 2.24) is 10.2 Å². The van der Waals surface area contributed by atoms with Crippen LogP contribution in [0.25, 0.3) is 6.08 Å². The number of nitrogens with one attached hydrogen (secondary N) is 1. The van der Waals surface area contributed by atoms with E-state index in [9.17, 15) is 9.59 Å². The van der Waals surface area contributed by atoms with Crippen LogP contribution < -0.4 is 5.32 Å². The van der Waals surface area contributed by atoms with Crippen molar-refractivity contribution in [2.24, 2.45) is 0 Å². The monoisotopic (exact) mass is 350 g/mol. The largest absolute Gasteiger partial charge is 0.355 e. The fourth-order valence-corrected chi connectivity index (χ4v) is 2.54. The molecular weight excluding hydrogens is 324 g/mol. The van der Waals surface area contributed by atoms with Gasteiger partial charge in [-0.3, -0.25) is 9.59 Å². The molecule has 0 bridgehead atoms. The molecule has 26 heavy (non-hydrogen) atoms. The summed E-state index contributed by atoms with van der Waals surface area (Å²) in [6.07, 6.45) is 3.42. The van der Waals surface area contributed by atoms with E-state index in [0.29, 0.717) is 18.0 Å². The summed E-state index contributed by atoms with van der Waals surface area (Å²) >= 11 is 0. The lowest BCUT2D eigenvalue weighted by molar-refractivity contribution is -0.125. The lowest BCUT2D eigenvalue weighted by atomic mass is 10.0. The zero-order valence-electron chi connectivity index (χ0n) is 15.8. The van der Waals surface area contributed by atoms with Gasteiger partial charge in [0.15, 0.2) is 0 Å². The van der Waals surface area contributed by atoms with Gasteiger partial charge in [0, 0.05) is 32.3 Å². The molecule has 0 radical (unpaired) electrons. The van der Waals surface area contributed by atoms with Crippen LogP contribution in [-0.4, -0.2) is 30.8 Å². The molecular formula is C22H26N2O2. The Morgan fingerprint density at radius 3 is 2.19 bits per heavy atom. The molecule has 0 unspecified atom stereocenters. The molecule has 0 atom stereocenters. The van der Waals surface area contributed by atoms with Gasteiger partial charge in [0.05, 0.1) is 0 Å². The summed E-state index contributed by atoms with van der Waals surface area (Å²) in [6.45, 7) is 4.80. The van der Waals surface area contributed by atoms with Gasteiger partial charge in [0.1, 0.15) is 0 Å². The van der Waals surface area contributed by atoms with Crippen LogP contribution in [0.4, 0.5) is 0 Å². The molecule has 136 valence electrons. The number of rotatable bonds is 6. The molecule has 0 aromatic heterocycles. The molecule has 0 aliphatic rings. The van der Waals surface area contributed by atoms with E-state index in [1.807, 2.05) is 30.3 Å². The molecule has 0 aliphatic heterocycles. The van der Waals surface area contributed by atoms with Crippen molar-refractivity contribution < 1.29 is 9.59 Å². The number of nitrogens with zero attached hydrogens (tertiary/aromatic N) is 1. The Morgan fingerprint density at radius 2 is 1.65 bits per heavy atom. The molecule has 0 heterocycles. The van der Waals surface area contributed by atoms with Crippen molar-refractivity contribution in [2.75, 3.05) is 14.1 Å². The summed E-state index contributed by atoms with van der Waals surface area (Å²) in [4.78, 5) is 25.5. The number of hydrogen-bond acceptors (Lipinski definition) is 2. The summed E-state index contributed by atoms with van der Waals surface area (Å²) in [5.41, 5.74) is 3.87. The summed E-state index contributed by atoms with van der Waals surface area (Å²) in [6, 6.07) is 15.5. The molecule has 0 fully saturated rings. The van der Waals surface area contributed by atoms with Crippen molar-refractivity contribution in [1.29, 1.82) is 0 Å². The molecule has 4 heteroatoms. The molecule has 0 spiro atoms. The highest BCUT2D eigenvalue weighted by atomic mass is 16.2. The standard InChI is InChI=1S/C22H26N2O2/c1-16(2)19-10-5-17(6-11-19)9-14-21(25)24(4)15-18-7-12-20(13-8-18)22(26)23-3/h5-14,16H,15H2,1-4H3,(H,23,26). The van der Waals surface area contributed by atoms with Gasteiger partial charge in [-0.1, -0.05) is 50.2 Å². The number of benzene rings is 2. The van der Waals surface area contributed by atoms with Gasteiger partial charge in [-0.15, -0.1) is 0 Å². The fourth-order valence-electron chi connectivity index (χ4n) is 2.54. The Kier molecular flexibility index (Phi) is 6.73. The topological polar surface area (TPSA) is 49.4 Å². The third-order valence-corrected chi connectivity index (χ3v) is 4.26. The fraction of sp³-hybridized carbons (Fsp3) is 0.273. The smallest absolute Gasteiger partial charge is 0.251 e. The highest BCUT2D eigenvalue weighted by molar-refractivity contribution is 5.94. The Balaban J connectivity index is 1.95. The molecule has 0 aliphatic carbocycles. The lowest BCUT2D eigenvalue weighted by Crippen LogP contribution is -2.24. The molecule has 1 N–H and O–H groups in total. The summed E-state index contributed by atoms with van der Waals surface area (Å²) in [7, 11) is 3.37. The van der Waals surface area contributed by atoms with Gasteiger partial charge in [0.2, 0.25) is 5.91 Å². The van der Waals surface area contributed by atoms with Crippen LogP contribution in [0.15, 0.2) is 54.6 Å². The van der Waals surface area contributed by atoms with Crippen LogP contribution in [-0.2, 0) is 11.3 Å². The molecule has 0 saturated carbocycles. The van der Waals surface area contributed by atoms with Crippen molar-refractivity contribution in [3.63, 3.8) is 0 Å². The summed E-state index contributed by atoms with van der Waals surface area (Å²) in [5, 5.41) is 2.59. The second kappa shape index (κ2) is 8.99. The minimum Gasteiger partial charge on any atom is -0.355 e. The number of hydrogen-bond donors (Lipinski definition) is 1. The van der Waals surface area contributed by atoms with Crippen LogP contribution in [0.2, 0.25) is 0 Å². The molecule has 0 saturated heterocycles. The van der Waals surface area contributed by atoms with E-state index in [1.165, 1.54) is 5.56 Å². The van der Waals surface area contributed by atoms with Crippen LogP contribution in [0, 0.1) is 0 Å². The van der Waals surface area contributed by atoms with Gasteiger partial charge in [0.25, 0.3) is 5.91 Å². The minimum atomic E-state index is -0.118. The lowest BCUT2D eigenvalue weighted by Gasteiger charge is -2.15. The van der Waals surface area contributed by atoms with E-state index in [4.69, 9.17) is 0 Å². The minimum absolute atomic E-state index is 0.0617. The molecule has 2 aromatic rings. The van der Waals surface area contributed by atoms with Crippen molar-refractivity contribution in [2.45, 2.75) is 26.3 Å². The number of carbonyl (C=O) groups excluding carboxylic acids is 2. The number of likely N-dealkylation sites (N-methyl/N-ethyl adjacent to an activating group) is 1. The third kappa shape index (κ3) is 5.31. The van der Waals surface area contributed by atoms with E-state index in [2.05, 4.69) is 31.3 Å². The Labute approximate surface area is 155 Å². The van der Waals surface area contributed by atoms with Crippen LogP contribution >= 0.6 is 0 Å². The van der Waals surface area contributed by atoms with Gasteiger partial charge < -0.3 is 10.2 Å². The first kappa shape index (κ1) is 19.4. The van der Waals surface area contributed by atoms with Crippen molar-refractivity contribution in [3.05, 3.63) is 76.9 Å². The van der Waals surface area contributed by atoms with Gasteiger partial charge in [-0.2, -0.15) is 0 Å². The Bertz CT molecular complexity index is 775. The number of amides is 2. The molecule has 2 rings (SSSR count). The van der Waals surface area contributed by atoms with Crippen molar-refractivity contribution >= 4 is 17.9 Å². The SMILES string of the molecule is CNC(=O)c1ccc(CN(C)C(=O)C=Cc2ccc(C(C)C)cc2)cc1. The predicted molar refractivity (Wildman–Crippen MR) is 106 cm³/mol. The number of carbonyl (C=O) groups is 2. The Hall–Kier alpha value is -2.88. The average molecular weight is 350 g/mol. The highest BCUT2D eigenvalue weighted by Gasteiger charge is 2.07. The Morgan fingerprint density at radius 1 is 1.04 bits per heavy atom. The maximum Gasteiger partial charge on any atom is 0.251 e. The maximum absolute atomic E-state index is 12.3. The second-order valence-corrected chi connectivity index (χ2v) is 6.63. The molecule has 2 aromatic carbocycles. The first-order valence-electron chi connectivity index (χ1n) is 8.75. The third-order valence-electron chi connectivity index (χ3n) is 4.26. The second-order valence-electron chi connectivity index (χ2n) is 6.63. The predicted octanol–water partition coefficient (Wildman–Crippen LogP) is 3.84. The average Bonchev–Trinajstić information content (AvgIpc) is 2.66. The van der Waals surface area contributed by atoms with Crippen LogP contribution in [0.5, 0.6) is 0 Å². The maximum atomic E-state index is 12.3. The first-order valence-corrected chi connectivity index (χ1v) is 8.75. The quantitative estimate of drug-likeness (QED) is 0.805. The van der Waals surface area contributed by atoms with Gasteiger partial charge >= 0.3 is 0 Å². The molecule has 4 nitrogen and oxygen atoms in total. The summed E-state index contributed by atoms with van der Waals surface area (Å²) < 4.78 is 0. The van der Waals surface area contributed by atoms with Crippen LogP contribution in [0.1, 0.15) is 46.8 Å². The van der Waals surface area contributed by atoms with Gasteiger partial charge in [-0.25, -0.2) is 0 Å². The van der Waals surface area contributed by atoms with E-state index in [1.54, 1.807) is 37.2 Å². The van der Waals surface area contributed by atoms with E-state index in [0.717, 1.165) is 11.1 Å². The van der Waals surface area contributed by atoms with E-state index in [-0.39, 0.29) is 11.8 Å². The van der Waals surface area contributed by atoms with Crippen LogP contribution in [0.3, 0.4) is 0 Å². The zero-order chi connectivity index (χ0) is 19.1. The van der Waals surface area contributed by atoms with Crippen molar-refractivity contribution in [3.8, 4) is 0 Å². The first-order chi connectivity index (χ1) is 12.4.